The predicted octanol–water partition coefficient (Wildman–Crippen LogP) is 5.45. The molecular weight excluding hydrogens is 276 g/mol. The van der Waals surface area contributed by atoms with Gasteiger partial charge in [-0.3, -0.25) is 0 Å². The molecule has 4 saturated carbocycles. The van der Waals surface area contributed by atoms with Crippen LogP contribution >= 0.6 is 12.2 Å². The molecule has 0 amide bonds. The Morgan fingerprint density at radius 1 is 1.10 bits per heavy atom. The summed E-state index contributed by atoms with van der Waals surface area (Å²) in [6.45, 7) is 7.00. The Bertz CT molecular complexity index is 559. The molecule has 1 heterocycles. The Morgan fingerprint density at radius 2 is 1.62 bits per heavy atom. The maximum absolute atomic E-state index is 5.63. The van der Waals surface area contributed by atoms with Crippen molar-refractivity contribution in [3.8, 4) is 0 Å². The average molecular weight is 305 g/mol. The quantitative estimate of drug-likeness (QED) is 0.737. The maximum atomic E-state index is 5.63. The number of nitrogens with one attached hydrogen (secondary N) is 1. The van der Waals surface area contributed by atoms with Crippen molar-refractivity contribution in [3.05, 3.63) is 16.7 Å². The van der Waals surface area contributed by atoms with Crippen LogP contribution in [0, 0.1) is 27.9 Å². The largest absolute Gasteiger partial charge is 0.337 e. The van der Waals surface area contributed by atoms with Gasteiger partial charge in [-0.15, -0.1) is 0 Å². The van der Waals surface area contributed by atoms with E-state index >= 15 is 0 Å². The van der Waals surface area contributed by atoms with Crippen LogP contribution in [0.1, 0.15) is 76.9 Å². The molecule has 1 unspecified atom stereocenters. The minimum Gasteiger partial charge on any atom is -0.337 e. The van der Waals surface area contributed by atoms with Crippen LogP contribution in [0.15, 0.2) is 6.20 Å². The summed E-state index contributed by atoms with van der Waals surface area (Å²) in [6.07, 6.45) is 11.0. The van der Waals surface area contributed by atoms with E-state index in [1.165, 1.54) is 44.2 Å². The van der Waals surface area contributed by atoms with E-state index in [-0.39, 0.29) is 0 Å². The van der Waals surface area contributed by atoms with Crippen LogP contribution in [0.25, 0.3) is 0 Å². The first-order chi connectivity index (χ1) is 9.98. The van der Waals surface area contributed by atoms with E-state index in [0.29, 0.717) is 17.4 Å². The molecule has 0 aromatic carbocycles. The van der Waals surface area contributed by atoms with Gasteiger partial charge in [0.05, 0.1) is 0 Å². The zero-order valence-electron chi connectivity index (χ0n) is 13.6. The highest BCUT2D eigenvalue weighted by atomic mass is 32.1. The average Bonchev–Trinajstić information content (AvgIpc) is 2.78. The van der Waals surface area contributed by atoms with Crippen molar-refractivity contribution in [1.29, 1.82) is 0 Å². The summed E-state index contributed by atoms with van der Waals surface area (Å²) >= 11 is 5.63. The second-order valence-corrected chi connectivity index (χ2v) is 8.89. The normalized spacial score (nSPS) is 39.1. The highest BCUT2D eigenvalue weighted by Gasteiger charge is 2.53. The maximum Gasteiger partial charge on any atom is 0.177 e. The third-order valence-electron chi connectivity index (χ3n) is 6.79. The van der Waals surface area contributed by atoms with E-state index in [0.717, 1.165) is 22.5 Å². The van der Waals surface area contributed by atoms with Crippen LogP contribution in [0.2, 0.25) is 0 Å². The fourth-order valence-electron chi connectivity index (χ4n) is 6.20. The van der Waals surface area contributed by atoms with Crippen molar-refractivity contribution < 1.29 is 0 Å². The highest BCUT2D eigenvalue weighted by molar-refractivity contribution is 7.71. The van der Waals surface area contributed by atoms with Crippen molar-refractivity contribution in [2.75, 3.05) is 0 Å². The SMILES string of the molecule is CC(C)c1c[nH]c(=S)n1C(C)C12CC3CC(CC(C3)C1)C2. The molecule has 0 spiro atoms. The Morgan fingerprint density at radius 3 is 2.10 bits per heavy atom. The summed E-state index contributed by atoms with van der Waals surface area (Å²) in [6, 6.07) is 0.557. The molecule has 1 N–H and O–H groups in total. The summed E-state index contributed by atoms with van der Waals surface area (Å²) in [5.41, 5.74) is 1.92. The monoisotopic (exact) mass is 304 g/mol. The Labute approximate surface area is 133 Å². The zero-order valence-corrected chi connectivity index (χ0v) is 14.4. The van der Waals surface area contributed by atoms with Gasteiger partial charge in [0.1, 0.15) is 0 Å². The third-order valence-corrected chi connectivity index (χ3v) is 7.11. The molecule has 116 valence electrons. The molecule has 4 bridgehead atoms. The Kier molecular flexibility index (Phi) is 3.15. The fourth-order valence-corrected chi connectivity index (χ4v) is 6.52. The number of aromatic nitrogens is 2. The lowest BCUT2D eigenvalue weighted by molar-refractivity contribution is -0.0795. The van der Waals surface area contributed by atoms with Gasteiger partial charge < -0.3 is 9.55 Å². The van der Waals surface area contributed by atoms with Crippen LogP contribution in [-0.2, 0) is 0 Å². The first-order valence-corrected chi connectivity index (χ1v) is 9.19. The first-order valence-electron chi connectivity index (χ1n) is 8.78. The van der Waals surface area contributed by atoms with Crippen molar-refractivity contribution >= 4 is 12.2 Å². The zero-order chi connectivity index (χ0) is 14.8. The smallest absolute Gasteiger partial charge is 0.177 e. The number of nitrogens with zero attached hydrogens (tertiary/aromatic N) is 1. The molecule has 3 heteroatoms. The number of hydrogen-bond donors (Lipinski definition) is 1. The van der Waals surface area contributed by atoms with E-state index in [1.54, 1.807) is 0 Å². The number of aromatic amines is 1. The Hall–Kier alpha value is -0.570. The summed E-state index contributed by atoms with van der Waals surface area (Å²) in [5, 5.41) is 0. The minimum atomic E-state index is 0.527. The van der Waals surface area contributed by atoms with E-state index < -0.39 is 0 Å². The van der Waals surface area contributed by atoms with Gasteiger partial charge in [0.2, 0.25) is 0 Å². The summed E-state index contributed by atoms with van der Waals surface area (Å²) in [7, 11) is 0. The standard InChI is InChI=1S/C18H28N2S/c1-11(2)16-10-19-17(21)20(16)12(3)18-7-13-4-14(8-18)6-15(5-13)9-18/h10-15H,4-9H2,1-3H3,(H,19,21). The highest BCUT2D eigenvalue weighted by Crippen LogP contribution is 2.63. The summed E-state index contributed by atoms with van der Waals surface area (Å²) < 4.78 is 3.40. The van der Waals surface area contributed by atoms with Crippen LogP contribution < -0.4 is 0 Å². The molecule has 4 fully saturated rings. The molecule has 5 rings (SSSR count). The third kappa shape index (κ3) is 2.07. The van der Waals surface area contributed by atoms with E-state index in [9.17, 15) is 0 Å². The van der Waals surface area contributed by atoms with Crippen LogP contribution in [0.5, 0.6) is 0 Å². The molecule has 1 aromatic rings. The van der Waals surface area contributed by atoms with Gasteiger partial charge in [-0.1, -0.05) is 13.8 Å². The van der Waals surface area contributed by atoms with E-state index in [1.807, 2.05) is 0 Å². The predicted molar refractivity (Wildman–Crippen MR) is 89.0 cm³/mol. The van der Waals surface area contributed by atoms with Gasteiger partial charge >= 0.3 is 0 Å². The molecule has 0 radical (unpaired) electrons. The molecule has 0 aliphatic heterocycles. The fraction of sp³-hybridized carbons (Fsp3) is 0.833. The lowest BCUT2D eigenvalue weighted by Crippen LogP contribution is -2.49. The Balaban J connectivity index is 1.73. The second kappa shape index (κ2) is 4.71. The molecule has 2 nitrogen and oxygen atoms in total. The van der Waals surface area contributed by atoms with Gasteiger partial charge in [-0.2, -0.15) is 0 Å². The minimum absolute atomic E-state index is 0.527. The van der Waals surface area contributed by atoms with Gasteiger partial charge in [-0.25, -0.2) is 0 Å². The van der Waals surface area contributed by atoms with Gasteiger partial charge in [-0.05, 0) is 86.8 Å². The molecule has 4 aliphatic rings. The van der Waals surface area contributed by atoms with Crippen molar-refractivity contribution in [3.63, 3.8) is 0 Å². The summed E-state index contributed by atoms with van der Waals surface area (Å²) in [4.78, 5) is 3.31. The van der Waals surface area contributed by atoms with E-state index in [2.05, 4.69) is 36.5 Å². The molecule has 1 aromatic heterocycles. The number of imidazole rings is 1. The first kappa shape index (κ1) is 14.0. The topological polar surface area (TPSA) is 20.7 Å². The molecule has 1 atom stereocenters. The van der Waals surface area contributed by atoms with Gasteiger partial charge in [0, 0.05) is 17.9 Å². The number of hydrogen-bond acceptors (Lipinski definition) is 1. The van der Waals surface area contributed by atoms with E-state index in [4.69, 9.17) is 12.2 Å². The van der Waals surface area contributed by atoms with Gasteiger partial charge in [0.25, 0.3) is 0 Å². The second-order valence-electron chi connectivity index (χ2n) is 8.50. The summed E-state index contributed by atoms with van der Waals surface area (Å²) in [5.74, 6) is 3.56. The van der Waals surface area contributed by atoms with Crippen LogP contribution in [0.3, 0.4) is 0 Å². The molecule has 21 heavy (non-hydrogen) atoms. The molecular formula is C18H28N2S. The van der Waals surface area contributed by atoms with Crippen molar-refractivity contribution in [2.45, 2.75) is 71.3 Å². The number of rotatable bonds is 3. The van der Waals surface area contributed by atoms with Crippen LogP contribution in [-0.4, -0.2) is 9.55 Å². The molecule has 4 aliphatic carbocycles. The molecule has 0 saturated heterocycles. The lowest BCUT2D eigenvalue weighted by atomic mass is 9.48. The lowest BCUT2D eigenvalue weighted by Gasteiger charge is -2.59. The van der Waals surface area contributed by atoms with Crippen molar-refractivity contribution in [2.24, 2.45) is 23.2 Å². The van der Waals surface area contributed by atoms with Gasteiger partial charge in [0.15, 0.2) is 4.77 Å². The number of H-pyrrole nitrogens is 1. The van der Waals surface area contributed by atoms with Crippen molar-refractivity contribution in [1.82, 2.24) is 9.55 Å². The van der Waals surface area contributed by atoms with Crippen LogP contribution in [0.4, 0.5) is 0 Å².